The molecule has 0 aliphatic heterocycles. The minimum absolute atomic E-state index is 0.0916. The number of halogens is 2. The van der Waals surface area contributed by atoms with Crippen molar-refractivity contribution in [2.24, 2.45) is 0 Å². The Hall–Kier alpha value is -1.55. The molecule has 0 radical (unpaired) electrons. The van der Waals surface area contributed by atoms with E-state index < -0.39 is 5.82 Å². The van der Waals surface area contributed by atoms with E-state index in [1.165, 1.54) is 6.07 Å². The van der Waals surface area contributed by atoms with E-state index in [9.17, 15) is 4.39 Å². The van der Waals surface area contributed by atoms with Gasteiger partial charge in [-0.05, 0) is 44.9 Å². The van der Waals surface area contributed by atoms with E-state index in [0.717, 1.165) is 24.2 Å². The van der Waals surface area contributed by atoms with E-state index in [-0.39, 0.29) is 11.1 Å². The van der Waals surface area contributed by atoms with Gasteiger partial charge < -0.3 is 10.3 Å². The number of nitrogens with two attached hydrogens (primary N) is 1. The molecule has 0 bridgehead atoms. The third kappa shape index (κ3) is 2.18. The first-order valence-corrected chi connectivity index (χ1v) is 7.20. The summed E-state index contributed by atoms with van der Waals surface area (Å²) in [6.45, 7) is 4.18. The van der Waals surface area contributed by atoms with Crippen LogP contribution in [0.1, 0.15) is 44.5 Å². The SMILES string of the molecule is CC(C)n1c(C2CC2)nc(-c2ccc(F)c(Cl)c2)c1N. The van der Waals surface area contributed by atoms with E-state index in [1.807, 2.05) is 0 Å². The molecule has 106 valence electrons. The second-order valence-corrected chi connectivity index (χ2v) is 5.98. The van der Waals surface area contributed by atoms with Gasteiger partial charge in [-0.1, -0.05) is 11.6 Å². The van der Waals surface area contributed by atoms with Crippen molar-refractivity contribution in [1.82, 2.24) is 9.55 Å². The molecule has 0 saturated heterocycles. The van der Waals surface area contributed by atoms with Crippen LogP contribution in [0.2, 0.25) is 5.02 Å². The quantitative estimate of drug-likeness (QED) is 0.912. The first-order valence-electron chi connectivity index (χ1n) is 6.82. The Kier molecular flexibility index (Phi) is 3.21. The van der Waals surface area contributed by atoms with Crippen LogP contribution in [0.25, 0.3) is 11.3 Å². The summed E-state index contributed by atoms with van der Waals surface area (Å²) in [4.78, 5) is 4.69. The van der Waals surface area contributed by atoms with Crippen molar-refractivity contribution in [2.75, 3.05) is 5.73 Å². The van der Waals surface area contributed by atoms with Gasteiger partial charge in [-0.3, -0.25) is 0 Å². The van der Waals surface area contributed by atoms with E-state index in [0.29, 0.717) is 17.4 Å². The van der Waals surface area contributed by atoms with Gasteiger partial charge in [0.1, 0.15) is 23.2 Å². The summed E-state index contributed by atoms with van der Waals surface area (Å²) in [7, 11) is 0. The third-order valence-corrected chi connectivity index (χ3v) is 3.92. The molecule has 0 spiro atoms. The van der Waals surface area contributed by atoms with E-state index in [1.54, 1.807) is 12.1 Å². The van der Waals surface area contributed by atoms with Crippen molar-refractivity contribution < 1.29 is 4.39 Å². The second-order valence-electron chi connectivity index (χ2n) is 5.57. The van der Waals surface area contributed by atoms with Crippen LogP contribution in [0.3, 0.4) is 0 Å². The molecule has 5 heteroatoms. The zero-order chi connectivity index (χ0) is 14.4. The van der Waals surface area contributed by atoms with Crippen LogP contribution in [0.15, 0.2) is 18.2 Å². The Labute approximate surface area is 122 Å². The summed E-state index contributed by atoms with van der Waals surface area (Å²) in [6.07, 6.45) is 2.32. The van der Waals surface area contributed by atoms with Gasteiger partial charge in [-0.2, -0.15) is 0 Å². The molecule has 20 heavy (non-hydrogen) atoms. The molecule has 1 heterocycles. The zero-order valence-electron chi connectivity index (χ0n) is 11.5. The highest BCUT2D eigenvalue weighted by Crippen LogP contribution is 2.43. The molecule has 0 unspecified atom stereocenters. The van der Waals surface area contributed by atoms with Crippen LogP contribution in [-0.2, 0) is 0 Å². The average Bonchev–Trinajstić information content (AvgIpc) is 3.16. The summed E-state index contributed by atoms with van der Waals surface area (Å²) >= 11 is 5.85. The molecule has 1 aliphatic rings. The number of hydrogen-bond acceptors (Lipinski definition) is 2. The fourth-order valence-electron chi connectivity index (χ4n) is 2.49. The van der Waals surface area contributed by atoms with Crippen molar-refractivity contribution in [3.63, 3.8) is 0 Å². The van der Waals surface area contributed by atoms with Crippen molar-refractivity contribution in [3.05, 3.63) is 34.9 Å². The molecule has 1 fully saturated rings. The van der Waals surface area contributed by atoms with Crippen LogP contribution >= 0.6 is 11.6 Å². The fourth-order valence-corrected chi connectivity index (χ4v) is 2.67. The Morgan fingerprint density at radius 2 is 2.10 bits per heavy atom. The number of aromatic nitrogens is 2. The van der Waals surface area contributed by atoms with Crippen LogP contribution in [0.5, 0.6) is 0 Å². The minimum Gasteiger partial charge on any atom is -0.383 e. The standard InChI is InChI=1S/C15H17ClFN3/c1-8(2)20-14(18)13(19-15(20)9-3-4-9)10-5-6-12(17)11(16)7-10/h5-9H,3-4,18H2,1-2H3. The van der Waals surface area contributed by atoms with Crippen LogP contribution in [0, 0.1) is 5.82 Å². The molecule has 1 aromatic carbocycles. The summed E-state index contributed by atoms with van der Waals surface area (Å²) in [6, 6.07) is 4.85. The van der Waals surface area contributed by atoms with Crippen molar-refractivity contribution in [1.29, 1.82) is 0 Å². The number of nitrogen functional groups attached to an aromatic ring is 1. The largest absolute Gasteiger partial charge is 0.383 e. The highest BCUT2D eigenvalue weighted by molar-refractivity contribution is 6.31. The summed E-state index contributed by atoms with van der Waals surface area (Å²) in [5, 5.41) is 0.0916. The van der Waals surface area contributed by atoms with Gasteiger partial charge in [-0.25, -0.2) is 9.37 Å². The lowest BCUT2D eigenvalue weighted by atomic mass is 10.1. The van der Waals surface area contributed by atoms with Gasteiger partial charge in [0.15, 0.2) is 0 Å². The van der Waals surface area contributed by atoms with Gasteiger partial charge in [0.25, 0.3) is 0 Å². The second kappa shape index (κ2) is 4.77. The van der Waals surface area contributed by atoms with E-state index in [4.69, 9.17) is 22.3 Å². The zero-order valence-corrected chi connectivity index (χ0v) is 12.3. The minimum atomic E-state index is -0.431. The fraction of sp³-hybridized carbons (Fsp3) is 0.400. The van der Waals surface area contributed by atoms with Crippen molar-refractivity contribution in [2.45, 2.75) is 38.6 Å². The van der Waals surface area contributed by atoms with E-state index >= 15 is 0 Å². The maximum absolute atomic E-state index is 13.3. The Balaban J connectivity index is 2.13. The van der Waals surface area contributed by atoms with Gasteiger partial charge in [0, 0.05) is 17.5 Å². The van der Waals surface area contributed by atoms with Gasteiger partial charge >= 0.3 is 0 Å². The molecule has 2 N–H and O–H groups in total. The highest BCUT2D eigenvalue weighted by atomic mass is 35.5. The first-order chi connectivity index (χ1) is 9.49. The van der Waals surface area contributed by atoms with Crippen LogP contribution < -0.4 is 5.73 Å². The first kappa shape index (κ1) is 13.4. The number of rotatable bonds is 3. The molecule has 3 nitrogen and oxygen atoms in total. The maximum atomic E-state index is 13.3. The van der Waals surface area contributed by atoms with Crippen LogP contribution in [-0.4, -0.2) is 9.55 Å². The number of anilines is 1. The lowest BCUT2D eigenvalue weighted by Gasteiger charge is -2.13. The van der Waals surface area contributed by atoms with Crippen molar-refractivity contribution >= 4 is 17.4 Å². The third-order valence-electron chi connectivity index (χ3n) is 3.63. The summed E-state index contributed by atoms with van der Waals surface area (Å²) in [5.74, 6) is 1.74. The maximum Gasteiger partial charge on any atom is 0.141 e. The molecule has 1 aromatic heterocycles. The summed E-state index contributed by atoms with van der Waals surface area (Å²) in [5.41, 5.74) is 7.71. The molecule has 3 rings (SSSR count). The lowest BCUT2D eigenvalue weighted by Crippen LogP contribution is -2.08. The molecule has 2 aromatic rings. The number of imidazole rings is 1. The predicted molar refractivity (Wildman–Crippen MR) is 79.4 cm³/mol. The van der Waals surface area contributed by atoms with Crippen molar-refractivity contribution in [3.8, 4) is 11.3 Å². The topological polar surface area (TPSA) is 43.8 Å². The van der Waals surface area contributed by atoms with Gasteiger partial charge in [0.2, 0.25) is 0 Å². The Morgan fingerprint density at radius 1 is 1.40 bits per heavy atom. The van der Waals surface area contributed by atoms with Crippen LogP contribution in [0.4, 0.5) is 10.2 Å². The number of hydrogen-bond donors (Lipinski definition) is 1. The molecular formula is C15H17ClFN3. The number of benzene rings is 1. The molecule has 1 aliphatic carbocycles. The van der Waals surface area contributed by atoms with Gasteiger partial charge in [-0.15, -0.1) is 0 Å². The Morgan fingerprint density at radius 3 is 2.65 bits per heavy atom. The summed E-state index contributed by atoms with van der Waals surface area (Å²) < 4.78 is 15.4. The average molecular weight is 294 g/mol. The highest BCUT2D eigenvalue weighted by Gasteiger charge is 2.31. The normalized spacial score (nSPS) is 15.1. The predicted octanol–water partition coefficient (Wildman–Crippen LogP) is 4.38. The van der Waals surface area contributed by atoms with E-state index in [2.05, 4.69) is 18.4 Å². The Bertz CT molecular complexity index is 659. The van der Waals surface area contributed by atoms with Gasteiger partial charge in [0.05, 0.1) is 5.02 Å². The lowest BCUT2D eigenvalue weighted by molar-refractivity contribution is 0.576. The molecule has 0 amide bonds. The molecule has 1 saturated carbocycles. The smallest absolute Gasteiger partial charge is 0.141 e. The molecular weight excluding hydrogens is 277 g/mol. The number of nitrogens with zero attached hydrogens (tertiary/aromatic N) is 2. The monoisotopic (exact) mass is 293 g/mol. The molecule has 0 atom stereocenters.